The minimum Gasteiger partial charge on any atom is -0.310 e. The smallest absolute Gasteiger partial charge is 0.260 e. The molecule has 0 aromatic carbocycles. The fourth-order valence-electron chi connectivity index (χ4n) is 2.60. The van der Waals surface area contributed by atoms with Gasteiger partial charge in [0, 0.05) is 30.4 Å². The molecule has 1 aromatic heterocycles. The van der Waals surface area contributed by atoms with E-state index in [1.54, 1.807) is 0 Å². The summed E-state index contributed by atoms with van der Waals surface area (Å²) in [5.74, 6) is 0.431. The molecule has 3 rings (SSSR count). The van der Waals surface area contributed by atoms with E-state index in [9.17, 15) is 8.42 Å². The first-order valence-corrected chi connectivity index (χ1v) is 9.05. The molecule has 2 aliphatic rings. The summed E-state index contributed by atoms with van der Waals surface area (Å²) in [6.45, 7) is 7.24. The lowest BCUT2D eigenvalue weighted by Gasteiger charge is -2.08. The van der Waals surface area contributed by atoms with Crippen LogP contribution in [-0.2, 0) is 16.6 Å². The highest BCUT2D eigenvalue weighted by atomic mass is 32.2. The summed E-state index contributed by atoms with van der Waals surface area (Å²) in [7, 11) is -3.54. The molecule has 1 heterocycles. The summed E-state index contributed by atoms with van der Waals surface area (Å²) in [6.07, 6.45) is 3.42. The molecule has 6 nitrogen and oxygen atoms in total. The van der Waals surface area contributed by atoms with Crippen molar-refractivity contribution in [2.24, 2.45) is 11.3 Å². The van der Waals surface area contributed by atoms with Gasteiger partial charge in [-0.3, -0.25) is 5.10 Å². The first-order chi connectivity index (χ1) is 9.79. The molecule has 0 amide bonds. The van der Waals surface area contributed by atoms with Gasteiger partial charge in [-0.1, -0.05) is 13.8 Å². The maximum absolute atomic E-state index is 12.4. The fraction of sp³-hybridized carbons (Fsp3) is 0.786. The van der Waals surface area contributed by atoms with Gasteiger partial charge in [0.05, 0.1) is 0 Å². The molecule has 1 unspecified atom stereocenters. The van der Waals surface area contributed by atoms with E-state index < -0.39 is 10.0 Å². The Balaban J connectivity index is 1.68. The quantitative estimate of drug-likeness (QED) is 0.708. The van der Waals surface area contributed by atoms with Crippen LogP contribution < -0.4 is 10.0 Å². The number of hydrogen-bond donors (Lipinski definition) is 3. The van der Waals surface area contributed by atoms with Gasteiger partial charge in [-0.25, -0.2) is 13.1 Å². The van der Waals surface area contributed by atoms with Crippen molar-refractivity contribution in [3.63, 3.8) is 0 Å². The third kappa shape index (κ3) is 3.30. The van der Waals surface area contributed by atoms with E-state index in [1.165, 1.54) is 12.8 Å². The van der Waals surface area contributed by atoms with E-state index in [1.807, 2.05) is 6.92 Å². The van der Waals surface area contributed by atoms with Crippen LogP contribution in [0.4, 0.5) is 0 Å². The molecule has 7 heteroatoms. The molecule has 21 heavy (non-hydrogen) atoms. The van der Waals surface area contributed by atoms with Crippen LogP contribution in [0.2, 0.25) is 0 Å². The lowest BCUT2D eigenvalue weighted by Crippen LogP contribution is -2.29. The molecule has 0 spiro atoms. The van der Waals surface area contributed by atoms with Crippen LogP contribution in [0.25, 0.3) is 0 Å². The van der Waals surface area contributed by atoms with Crippen molar-refractivity contribution in [1.82, 2.24) is 20.2 Å². The van der Waals surface area contributed by atoms with Crippen molar-refractivity contribution < 1.29 is 8.42 Å². The Bertz CT molecular complexity index is 631. The average molecular weight is 312 g/mol. The van der Waals surface area contributed by atoms with Gasteiger partial charge in [0.25, 0.3) is 10.0 Å². The predicted molar refractivity (Wildman–Crippen MR) is 80.3 cm³/mol. The van der Waals surface area contributed by atoms with Crippen molar-refractivity contribution in [3.8, 4) is 0 Å². The molecule has 3 N–H and O–H groups in total. The summed E-state index contributed by atoms with van der Waals surface area (Å²) in [4.78, 5) is 0. The topological polar surface area (TPSA) is 86.9 Å². The Morgan fingerprint density at radius 3 is 2.62 bits per heavy atom. The highest BCUT2D eigenvalue weighted by Gasteiger charge is 2.45. The molecule has 0 radical (unpaired) electrons. The normalized spacial score (nSPS) is 24.2. The zero-order valence-electron chi connectivity index (χ0n) is 12.9. The van der Waals surface area contributed by atoms with Crippen molar-refractivity contribution in [2.45, 2.75) is 57.6 Å². The molecule has 2 aliphatic carbocycles. The molecule has 0 aliphatic heterocycles. The number of aromatic nitrogens is 2. The van der Waals surface area contributed by atoms with E-state index in [4.69, 9.17) is 0 Å². The van der Waals surface area contributed by atoms with Crippen LogP contribution in [0, 0.1) is 18.3 Å². The molecule has 2 saturated carbocycles. The molecule has 118 valence electrons. The highest BCUT2D eigenvalue weighted by Crippen LogP contribution is 2.51. The van der Waals surface area contributed by atoms with Crippen LogP contribution in [-0.4, -0.2) is 31.2 Å². The second-order valence-electron chi connectivity index (χ2n) is 7.03. The van der Waals surface area contributed by atoms with Crippen molar-refractivity contribution in [1.29, 1.82) is 0 Å². The molecule has 1 atom stereocenters. The van der Waals surface area contributed by atoms with E-state index in [-0.39, 0.29) is 10.4 Å². The first-order valence-electron chi connectivity index (χ1n) is 7.56. The second-order valence-corrected chi connectivity index (χ2v) is 8.71. The van der Waals surface area contributed by atoms with Gasteiger partial charge in [-0.15, -0.1) is 0 Å². The third-order valence-corrected chi connectivity index (χ3v) is 6.07. The van der Waals surface area contributed by atoms with Gasteiger partial charge in [-0.2, -0.15) is 5.10 Å². The van der Waals surface area contributed by atoms with Crippen LogP contribution in [0.15, 0.2) is 5.03 Å². The molecule has 1 aromatic rings. The van der Waals surface area contributed by atoms with Gasteiger partial charge < -0.3 is 5.32 Å². The average Bonchev–Trinajstić information content (AvgIpc) is 3.28. The Morgan fingerprint density at radius 2 is 2.05 bits per heavy atom. The largest absolute Gasteiger partial charge is 0.310 e. The summed E-state index contributed by atoms with van der Waals surface area (Å²) >= 11 is 0. The van der Waals surface area contributed by atoms with Gasteiger partial charge in [-0.05, 0) is 37.5 Å². The van der Waals surface area contributed by atoms with Gasteiger partial charge in [0.15, 0.2) is 5.03 Å². The zero-order chi connectivity index (χ0) is 15.3. The van der Waals surface area contributed by atoms with Crippen LogP contribution >= 0.6 is 0 Å². The summed E-state index contributed by atoms with van der Waals surface area (Å²) in [5.41, 5.74) is 1.83. The summed E-state index contributed by atoms with van der Waals surface area (Å²) in [6, 6.07) is 0.537. The maximum Gasteiger partial charge on any atom is 0.260 e. The highest BCUT2D eigenvalue weighted by molar-refractivity contribution is 7.89. The van der Waals surface area contributed by atoms with Gasteiger partial charge in [0.1, 0.15) is 0 Å². The lowest BCUT2D eigenvalue weighted by molar-refractivity contribution is 0.535. The maximum atomic E-state index is 12.4. The number of aryl methyl sites for hydroxylation is 1. The van der Waals surface area contributed by atoms with Crippen LogP contribution in [0.5, 0.6) is 0 Å². The Morgan fingerprint density at radius 1 is 1.38 bits per heavy atom. The van der Waals surface area contributed by atoms with Gasteiger partial charge >= 0.3 is 0 Å². The predicted octanol–water partition coefficient (Wildman–Crippen LogP) is 1.29. The molecular formula is C14H24N4O2S. The minimum atomic E-state index is -3.54. The van der Waals surface area contributed by atoms with Crippen LogP contribution in [0.1, 0.15) is 44.4 Å². The molecule has 0 saturated heterocycles. The number of hydrogen-bond acceptors (Lipinski definition) is 4. The fourth-order valence-corrected chi connectivity index (χ4v) is 3.87. The number of aromatic amines is 1. The lowest BCUT2D eigenvalue weighted by atomic mass is 10.1. The number of H-pyrrole nitrogens is 1. The Kier molecular flexibility index (Phi) is 3.62. The van der Waals surface area contributed by atoms with E-state index in [0.29, 0.717) is 25.0 Å². The zero-order valence-corrected chi connectivity index (χ0v) is 13.7. The van der Waals surface area contributed by atoms with E-state index >= 15 is 0 Å². The standard InChI is InChI=1S/C14H24N4O2S/c1-9-12(8-15-11-4-5-11)13(18-17-9)21(19,20)16-7-10-6-14(10,2)3/h10-11,15-16H,4-8H2,1-3H3,(H,17,18). The minimum absolute atomic E-state index is 0.145. The number of sulfonamides is 1. The van der Waals surface area contributed by atoms with Crippen LogP contribution in [0.3, 0.4) is 0 Å². The first kappa shape index (κ1) is 15.0. The van der Waals surface area contributed by atoms with Gasteiger partial charge in [0.2, 0.25) is 0 Å². The third-order valence-electron chi connectivity index (χ3n) is 4.67. The van der Waals surface area contributed by atoms with Crippen molar-refractivity contribution in [3.05, 3.63) is 11.3 Å². The number of nitrogens with one attached hydrogen (secondary N) is 3. The SMILES string of the molecule is Cc1[nH]nc(S(=O)(=O)NCC2CC2(C)C)c1CNC1CC1. The van der Waals surface area contributed by atoms with E-state index in [2.05, 4.69) is 34.1 Å². The van der Waals surface area contributed by atoms with E-state index in [0.717, 1.165) is 17.7 Å². The summed E-state index contributed by atoms with van der Waals surface area (Å²) in [5, 5.41) is 10.3. The monoisotopic (exact) mass is 312 g/mol. The molecule has 2 fully saturated rings. The second kappa shape index (κ2) is 5.07. The van der Waals surface area contributed by atoms with Crippen molar-refractivity contribution in [2.75, 3.05) is 6.54 Å². The Hall–Kier alpha value is -0.920. The summed E-state index contributed by atoms with van der Waals surface area (Å²) < 4.78 is 27.6. The number of rotatable bonds is 7. The number of nitrogens with zero attached hydrogens (tertiary/aromatic N) is 1. The molecular weight excluding hydrogens is 288 g/mol. The van der Waals surface area contributed by atoms with Crippen molar-refractivity contribution >= 4 is 10.0 Å². The molecule has 0 bridgehead atoms. The Labute approximate surface area is 126 Å².